The van der Waals surface area contributed by atoms with Crippen LogP contribution in [0.4, 0.5) is 5.69 Å². The topological polar surface area (TPSA) is 102 Å². The van der Waals surface area contributed by atoms with Crippen LogP contribution in [0.2, 0.25) is 0 Å². The van der Waals surface area contributed by atoms with Crippen LogP contribution in [0.15, 0.2) is 41.1 Å². The van der Waals surface area contributed by atoms with Gasteiger partial charge in [-0.15, -0.1) is 0 Å². The monoisotopic (exact) mass is 447 g/mol. The van der Waals surface area contributed by atoms with Gasteiger partial charge in [-0.3, -0.25) is 14.3 Å². The van der Waals surface area contributed by atoms with E-state index in [2.05, 4.69) is 15.8 Å². The molecule has 2 aromatic heterocycles. The van der Waals surface area contributed by atoms with Gasteiger partial charge in [-0.2, -0.15) is 5.10 Å². The molecule has 8 heteroatoms. The van der Waals surface area contributed by atoms with Crippen molar-refractivity contribution in [3.63, 3.8) is 0 Å². The number of carbonyl (C=O) groups is 2. The Bertz CT molecular complexity index is 1170. The summed E-state index contributed by atoms with van der Waals surface area (Å²) in [5.41, 5.74) is 4.58. The van der Waals surface area contributed by atoms with Crippen molar-refractivity contribution in [3.05, 3.63) is 53.5 Å². The minimum Gasteiger partial charge on any atom is -0.356 e. The van der Waals surface area contributed by atoms with Crippen LogP contribution in [-0.2, 0) is 16.6 Å². The highest BCUT2D eigenvalue weighted by Gasteiger charge is 2.32. The van der Waals surface area contributed by atoms with Gasteiger partial charge in [-0.1, -0.05) is 23.4 Å². The molecule has 0 bridgehead atoms. The maximum atomic E-state index is 12.9. The first kappa shape index (κ1) is 21.4. The predicted molar refractivity (Wildman–Crippen MR) is 124 cm³/mol. The number of rotatable bonds is 5. The lowest BCUT2D eigenvalue weighted by Gasteiger charge is -2.29. The van der Waals surface area contributed by atoms with Crippen molar-refractivity contribution in [1.82, 2.24) is 20.3 Å². The van der Waals surface area contributed by atoms with Gasteiger partial charge in [0.25, 0.3) is 0 Å². The SMILES string of the molecule is Cc1cc(-c2cn(C)nc2C2CCC(CNC(=O)C3CC(=O)Nc4ccccc43)CC2)on1. The summed E-state index contributed by atoms with van der Waals surface area (Å²) in [5, 5.41) is 14.7. The molecule has 0 saturated heterocycles. The zero-order valence-corrected chi connectivity index (χ0v) is 19.0. The Morgan fingerprint density at radius 1 is 1.24 bits per heavy atom. The van der Waals surface area contributed by atoms with E-state index in [1.165, 1.54) is 0 Å². The Kier molecular flexibility index (Phi) is 5.74. The van der Waals surface area contributed by atoms with E-state index in [4.69, 9.17) is 9.62 Å². The second kappa shape index (κ2) is 8.84. The maximum Gasteiger partial charge on any atom is 0.228 e. The molecule has 0 radical (unpaired) electrons. The highest BCUT2D eigenvalue weighted by molar-refractivity contribution is 6.01. The summed E-state index contributed by atoms with van der Waals surface area (Å²) in [6, 6.07) is 9.49. The van der Waals surface area contributed by atoms with Crippen LogP contribution in [0.3, 0.4) is 0 Å². The Labute approximate surface area is 192 Å². The zero-order chi connectivity index (χ0) is 22.9. The second-order valence-corrected chi connectivity index (χ2v) is 9.29. The molecule has 1 atom stereocenters. The van der Waals surface area contributed by atoms with E-state index in [0.29, 0.717) is 18.4 Å². The number of aromatic nitrogens is 3. The number of nitrogens with zero attached hydrogens (tertiary/aromatic N) is 3. The highest BCUT2D eigenvalue weighted by atomic mass is 16.5. The molecule has 1 aromatic carbocycles. The fourth-order valence-corrected chi connectivity index (χ4v) is 5.14. The molecular formula is C25H29N5O3. The molecule has 3 heterocycles. The van der Waals surface area contributed by atoms with Gasteiger partial charge in [0, 0.05) is 43.9 Å². The molecule has 8 nitrogen and oxygen atoms in total. The molecule has 3 aromatic rings. The Balaban J connectivity index is 1.19. The minimum atomic E-state index is -0.423. The Morgan fingerprint density at radius 2 is 2.03 bits per heavy atom. The first-order valence-electron chi connectivity index (χ1n) is 11.6. The first-order chi connectivity index (χ1) is 16.0. The van der Waals surface area contributed by atoms with Gasteiger partial charge in [0.05, 0.1) is 22.9 Å². The third-order valence-corrected chi connectivity index (χ3v) is 6.87. The Morgan fingerprint density at radius 3 is 2.79 bits per heavy atom. The number of hydrogen-bond acceptors (Lipinski definition) is 5. The predicted octanol–water partition coefficient (Wildman–Crippen LogP) is 3.90. The van der Waals surface area contributed by atoms with Crippen LogP contribution in [0.5, 0.6) is 0 Å². The summed E-state index contributed by atoms with van der Waals surface area (Å²) < 4.78 is 7.33. The lowest BCUT2D eigenvalue weighted by atomic mass is 9.79. The van der Waals surface area contributed by atoms with Gasteiger partial charge in [-0.25, -0.2) is 0 Å². The van der Waals surface area contributed by atoms with Gasteiger partial charge in [0.15, 0.2) is 5.76 Å². The summed E-state index contributed by atoms with van der Waals surface area (Å²) in [7, 11) is 1.93. The van der Waals surface area contributed by atoms with Gasteiger partial charge >= 0.3 is 0 Å². The van der Waals surface area contributed by atoms with E-state index >= 15 is 0 Å². The van der Waals surface area contributed by atoms with Gasteiger partial charge in [-0.05, 0) is 50.2 Å². The van der Waals surface area contributed by atoms with Crippen molar-refractivity contribution in [3.8, 4) is 11.3 Å². The molecule has 5 rings (SSSR count). The second-order valence-electron chi connectivity index (χ2n) is 9.29. The van der Waals surface area contributed by atoms with Gasteiger partial charge in [0.1, 0.15) is 0 Å². The number of aryl methyl sites for hydroxylation is 2. The lowest BCUT2D eigenvalue weighted by Crippen LogP contribution is -2.37. The number of anilines is 1. The lowest BCUT2D eigenvalue weighted by molar-refractivity contribution is -0.126. The fourth-order valence-electron chi connectivity index (χ4n) is 5.14. The quantitative estimate of drug-likeness (QED) is 0.618. The molecule has 172 valence electrons. The maximum absolute atomic E-state index is 12.9. The average molecular weight is 448 g/mol. The van der Waals surface area contributed by atoms with Crippen molar-refractivity contribution in [1.29, 1.82) is 0 Å². The fraction of sp³-hybridized carbons (Fsp3) is 0.440. The first-order valence-corrected chi connectivity index (χ1v) is 11.6. The van der Waals surface area contributed by atoms with Crippen LogP contribution in [-0.4, -0.2) is 33.3 Å². The molecule has 1 fully saturated rings. The molecule has 1 saturated carbocycles. The van der Waals surface area contributed by atoms with Gasteiger partial charge in [0.2, 0.25) is 11.8 Å². The molecule has 1 aliphatic carbocycles. The smallest absolute Gasteiger partial charge is 0.228 e. The van der Waals surface area contributed by atoms with Crippen LogP contribution >= 0.6 is 0 Å². The summed E-state index contributed by atoms with van der Waals surface area (Å²) in [6.07, 6.45) is 6.29. The van der Waals surface area contributed by atoms with Crippen molar-refractivity contribution >= 4 is 17.5 Å². The van der Waals surface area contributed by atoms with E-state index in [1.54, 1.807) is 0 Å². The number of nitrogens with one attached hydrogen (secondary N) is 2. The van der Waals surface area contributed by atoms with E-state index < -0.39 is 5.92 Å². The number of hydrogen-bond donors (Lipinski definition) is 2. The van der Waals surface area contributed by atoms with Crippen LogP contribution in [0.25, 0.3) is 11.3 Å². The van der Waals surface area contributed by atoms with Gasteiger partial charge < -0.3 is 15.2 Å². The summed E-state index contributed by atoms with van der Waals surface area (Å²) in [6.45, 7) is 2.56. The van der Waals surface area contributed by atoms with Crippen molar-refractivity contribution in [2.24, 2.45) is 13.0 Å². The third-order valence-electron chi connectivity index (χ3n) is 6.87. The van der Waals surface area contributed by atoms with Crippen molar-refractivity contribution in [2.75, 3.05) is 11.9 Å². The zero-order valence-electron chi connectivity index (χ0n) is 19.0. The molecule has 2 N–H and O–H groups in total. The number of para-hydroxylation sites is 1. The van der Waals surface area contributed by atoms with Crippen LogP contribution in [0.1, 0.15) is 60.9 Å². The number of fused-ring (bicyclic) bond motifs is 1. The Hall–Kier alpha value is -3.42. The van der Waals surface area contributed by atoms with E-state index in [9.17, 15) is 9.59 Å². The molecule has 2 aliphatic rings. The molecule has 33 heavy (non-hydrogen) atoms. The van der Waals surface area contributed by atoms with E-state index in [1.807, 2.05) is 55.2 Å². The molecule has 2 amide bonds. The highest BCUT2D eigenvalue weighted by Crippen LogP contribution is 2.39. The average Bonchev–Trinajstić information content (AvgIpc) is 3.42. The van der Waals surface area contributed by atoms with E-state index in [-0.39, 0.29) is 18.2 Å². The largest absolute Gasteiger partial charge is 0.356 e. The molecule has 0 spiro atoms. The van der Waals surface area contributed by atoms with E-state index in [0.717, 1.165) is 59.6 Å². The summed E-state index contributed by atoms with van der Waals surface area (Å²) in [4.78, 5) is 25.0. The third kappa shape index (κ3) is 4.42. The van der Waals surface area contributed by atoms with Crippen molar-refractivity contribution < 1.29 is 14.1 Å². The summed E-state index contributed by atoms with van der Waals surface area (Å²) >= 11 is 0. The van der Waals surface area contributed by atoms with Crippen LogP contribution < -0.4 is 10.6 Å². The molecular weight excluding hydrogens is 418 g/mol. The summed E-state index contributed by atoms with van der Waals surface area (Å²) in [5.74, 6) is 0.967. The number of carbonyl (C=O) groups excluding carboxylic acids is 2. The number of amides is 2. The minimum absolute atomic E-state index is 0.0628. The molecule has 1 aliphatic heterocycles. The normalized spacial score (nSPS) is 22.5. The standard InChI is InChI=1S/C25H29N5O3/c1-15-11-22(33-29-15)20-14-30(2)28-24(20)17-9-7-16(8-10-17)13-26-25(32)19-12-23(31)27-21-6-4-3-5-18(19)21/h3-6,11,14,16-17,19H,7-10,12-13H2,1-2H3,(H,26,32)(H,27,31). The van der Waals surface area contributed by atoms with Crippen LogP contribution in [0, 0.1) is 12.8 Å². The van der Waals surface area contributed by atoms with Crippen molar-refractivity contribution in [2.45, 2.75) is 50.9 Å². The number of benzene rings is 1. The molecule has 1 unspecified atom stereocenters.